The van der Waals surface area contributed by atoms with Crippen LogP contribution in [0.3, 0.4) is 0 Å². The van der Waals surface area contributed by atoms with Gasteiger partial charge >= 0.3 is 6.18 Å². The molecule has 0 saturated carbocycles. The Bertz CT molecular complexity index is 1270. The molecule has 0 heterocycles. The number of aryl methyl sites for hydroxylation is 2. The third-order valence-electron chi connectivity index (χ3n) is 7.78. The molecule has 3 aromatic rings. The first-order chi connectivity index (χ1) is 19.2. The van der Waals surface area contributed by atoms with Crippen molar-refractivity contribution in [1.82, 2.24) is 0 Å². The van der Waals surface area contributed by atoms with E-state index < -0.39 is 20.1 Å². The van der Waals surface area contributed by atoms with Crippen molar-refractivity contribution in [3.63, 3.8) is 0 Å². The lowest BCUT2D eigenvalue weighted by Crippen LogP contribution is -2.50. The molecule has 0 aliphatic carbocycles. The highest BCUT2D eigenvalue weighted by Gasteiger charge is 2.47. The van der Waals surface area contributed by atoms with Gasteiger partial charge in [0, 0.05) is 7.11 Å². The van der Waals surface area contributed by atoms with Gasteiger partial charge in [0.25, 0.3) is 8.32 Å². The van der Waals surface area contributed by atoms with E-state index in [4.69, 9.17) is 18.6 Å². The average Bonchev–Trinajstić information content (AvgIpc) is 2.88. The van der Waals surface area contributed by atoms with Crippen molar-refractivity contribution < 1.29 is 31.8 Å². The van der Waals surface area contributed by atoms with Gasteiger partial charge in [-0.25, -0.2) is 0 Å². The van der Waals surface area contributed by atoms with Crippen LogP contribution in [0.4, 0.5) is 13.2 Å². The summed E-state index contributed by atoms with van der Waals surface area (Å²) < 4.78 is 63.3. The predicted molar refractivity (Wildman–Crippen MR) is 161 cm³/mol. The van der Waals surface area contributed by atoms with Gasteiger partial charge in [-0.2, -0.15) is 13.2 Å². The van der Waals surface area contributed by atoms with E-state index >= 15 is 0 Å². The summed E-state index contributed by atoms with van der Waals surface area (Å²) in [4.78, 5) is 0. The van der Waals surface area contributed by atoms with Crippen molar-refractivity contribution >= 4 is 8.32 Å². The highest BCUT2D eigenvalue weighted by atomic mass is 28.4. The van der Waals surface area contributed by atoms with Crippen LogP contribution in [0.2, 0.25) is 16.6 Å². The Morgan fingerprint density at radius 3 is 1.90 bits per heavy atom. The Balaban J connectivity index is 1.94. The SMILES string of the molecule is COCOc1ccc(Cc2c(C)cc(O[Si](C(C)C)(C(C)C)C(C)C)cc2C)cc1Oc1cccc(C(F)(F)F)c1. The largest absolute Gasteiger partial charge is 0.543 e. The molecule has 224 valence electrons. The molecule has 8 heteroatoms. The molecule has 0 amide bonds. The molecule has 0 aliphatic heterocycles. The number of hydrogen-bond donors (Lipinski definition) is 0. The Labute approximate surface area is 243 Å². The molecule has 0 fully saturated rings. The number of alkyl halides is 3. The Morgan fingerprint density at radius 2 is 1.37 bits per heavy atom. The Hall–Kier alpha value is -2.97. The maximum Gasteiger partial charge on any atom is 0.416 e. The van der Waals surface area contributed by atoms with E-state index in [0.29, 0.717) is 34.5 Å². The molecular formula is C33H43F3O4Si. The first-order valence-corrected chi connectivity index (χ1v) is 16.2. The van der Waals surface area contributed by atoms with Crippen molar-refractivity contribution in [2.45, 2.75) is 84.6 Å². The first kappa shape index (κ1) is 32.5. The summed E-state index contributed by atoms with van der Waals surface area (Å²) in [6, 6.07) is 14.6. The predicted octanol–water partition coefficient (Wildman–Crippen LogP) is 10.2. The van der Waals surface area contributed by atoms with Gasteiger partial charge in [0.15, 0.2) is 18.3 Å². The molecule has 0 unspecified atom stereocenters. The average molecular weight is 589 g/mol. The smallest absolute Gasteiger partial charge is 0.416 e. The number of rotatable bonds is 12. The molecular weight excluding hydrogens is 545 g/mol. The van der Waals surface area contributed by atoms with E-state index in [1.165, 1.54) is 24.8 Å². The topological polar surface area (TPSA) is 36.9 Å². The van der Waals surface area contributed by atoms with Gasteiger partial charge in [-0.3, -0.25) is 0 Å². The maximum atomic E-state index is 13.3. The summed E-state index contributed by atoms with van der Waals surface area (Å²) in [5.41, 5.74) is 4.98. The van der Waals surface area contributed by atoms with E-state index in [0.717, 1.165) is 34.6 Å². The van der Waals surface area contributed by atoms with Crippen LogP contribution in [0.15, 0.2) is 54.6 Å². The Kier molecular flexibility index (Phi) is 10.6. The van der Waals surface area contributed by atoms with Crippen molar-refractivity contribution in [3.05, 3.63) is 82.4 Å². The monoisotopic (exact) mass is 588 g/mol. The zero-order valence-corrected chi connectivity index (χ0v) is 26.6. The number of halogens is 3. The molecule has 0 radical (unpaired) electrons. The minimum Gasteiger partial charge on any atom is -0.543 e. The first-order valence-electron chi connectivity index (χ1n) is 14.1. The Morgan fingerprint density at radius 1 is 0.756 bits per heavy atom. The summed E-state index contributed by atoms with van der Waals surface area (Å²) >= 11 is 0. The van der Waals surface area contributed by atoms with Crippen molar-refractivity contribution in [2.75, 3.05) is 13.9 Å². The van der Waals surface area contributed by atoms with Crippen LogP contribution < -0.4 is 13.9 Å². The summed E-state index contributed by atoms with van der Waals surface area (Å²) in [6.45, 7) is 17.8. The fraction of sp³-hybridized carbons (Fsp3) is 0.455. The molecule has 0 N–H and O–H groups in total. The molecule has 3 aromatic carbocycles. The quantitative estimate of drug-likeness (QED) is 0.156. The molecule has 0 atom stereocenters. The van der Waals surface area contributed by atoms with E-state index in [9.17, 15) is 13.2 Å². The van der Waals surface area contributed by atoms with Crippen molar-refractivity contribution in [3.8, 4) is 23.0 Å². The number of benzene rings is 3. The van der Waals surface area contributed by atoms with Gasteiger partial charge in [-0.15, -0.1) is 0 Å². The number of ether oxygens (including phenoxy) is 3. The molecule has 3 rings (SSSR count). The molecule has 0 spiro atoms. The van der Waals surface area contributed by atoms with Crippen LogP contribution in [0.1, 0.15) is 69.4 Å². The van der Waals surface area contributed by atoms with Crippen molar-refractivity contribution in [1.29, 1.82) is 0 Å². The lowest BCUT2D eigenvalue weighted by Gasteiger charge is -2.42. The highest BCUT2D eigenvalue weighted by Crippen LogP contribution is 2.43. The summed E-state index contributed by atoms with van der Waals surface area (Å²) in [5.74, 6) is 1.68. The molecule has 4 nitrogen and oxygen atoms in total. The molecule has 0 aliphatic rings. The minimum absolute atomic E-state index is 0.0219. The highest BCUT2D eigenvalue weighted by molar-refractivity contribution is 6.78. The van der Waals surface area contributed by atoms with Crippen molar-refractivity contribution in [2.24, 2.45) is 0 Å². The van der Waals surface area contributed by atoms with Gasteiger partial charge < -0.3 is 18.6 Å². The molecule has 0 saturated heterocycles. The van der Waals surface area contributed by atoms with Crippen LogP contribution in [0, 0.1) is 13.8 Å². The fourth-order valence-electron chi connectivity index (χ4n) is 5.90. The van der Waals surface area contributed by atoms with Crippen LogP contribution in [0.25, 0.3) is 0 Å². The maximum absolute atomic E-state index is 13.3. The van der Waals surface area contributed by atoms with Gasteiger partial charge in [0.1, 0.15) is 11.5 Å². The standard InChI is InChI=1S/C33H43F3O4Si/c1-21(2)41(22(3)4,23(5)6)40-29-15-24(7)30(25(8)16-29)17-26-13-14-31(38-20-37-9)32(18-26)39-28-12-10-11-27(19-28)33(34,35)36/h10-16,18-19,21-23H,17,20H2,1-9H3. The summed E-state index contributed by atoms with van der Waals surface area (Å²) in [7, 11) is -0.598. The summed E-state index contributed by atoms with van der Waals surface area (Å²) in [5, 5.41) is 0. The van der Waals surface area contributed by atoms with E-state index in [2.05, 4.69) is 67.5 Å². The molecule has 0 aromatic heterocycles. The third-order valence-corrected chi connectivity index (χ3v) is 13.8. The van der Waals surface area contributed by atoms with Crippen LogP contribution in [-0.4, -0.2) is 22.2 Å². The van der Waals surface area contributed by atoms with Gasteiger partial charge in [-0.05, 0) is 102 Å². The van der Waals surface area contributed by atoms with Gasteiger partial charge in [0.2, 0.25) is 0 Å². The second kappa shape index (κ2) is 13.3. The number of methoxy groups -OCH3 is 1. The lowest BCUT2D eigenvalue weighted by atomic mass is 9.95. The van der Waals surface area contributed by atoms with E-state index in [1.807, 2.05) is 12.1 Å². The molecule has 41 heavy (non-hydrogen) atoms. The third kappa shape index (κ3) is 7.66. The number of hydrogen-bond acceptors (Lipinski definition) is 4. The van der Waals surface area contributed by atoms with Crippen LogP contribution >= 0.6 is 0 Å². The second-order valence-electron chi connectivity index (χ2n) is 11.6. The van der Waals surface area contributed by atoms with Gasteiger partial charge in [0.05, 0.1) is 5.56 Å². The lowest BCUT2D eigenvalue weighted by molar-refractivity contribution is -0.137. The van der Waals surface area contributed by atoms with Crippen LogP contribution in [0.5, 0.6) is 23.0 Å². The summed E-state index contributed by atoms with van der Waals surface area (Å²) in [6.07, 6.45) is -3.86. The zero-order valence-electron chi connectivity index (χ0n) is 25.6. The fourth-order valence-corrected chi connectivity index (χ4v) is 11.1. The van der Waals surface area contributed by atoms with Crippen LogP contribution in [-0.2, 0) is 17.3 Å². The zero-order chi connectivity index (χ0) is 30.5. The minimum atomic E-state index is -4.47. The van der Waals surface area contributed by atoms with E-state index in [1.54, 1.807) is 6.07 Å². The normalized spacial score (nSPS) is 12.4. The van der Waals surface area contributed by atoms with Gasteiger partial charge in [-0.1, -0.05) is 53.7 Å². The second-order valence-corrected chi connectivity index (χ2v) is 17.0. The molecule has 0 bridgehead atoms. The van der Waals surface area contributed by atoms with E-state index in [-0.39, 0.29) is 12.5 Å².